The lowest BCUT2D eigenvalue weighted by molar-refractivity contribution is -0.118. The van der Waals surface area contributed by atoms with Crippen molar-refractivity contribution in [2.45, 2.75) is 45.8 Å². The first-order valence-corrected chi connectivity index (χ1v) is 11.6. The molecule has 0 saturated carbocycles. The van der Waals surface area contributed by atoms with Crippen LogP contribution in [-0.4, -0.2) is 31.2 Å². The molecule has 7 heteroatoms. The van der Waals surface area contributed by atoms with Crippen LogP contribution in [-0.2, 0) is 17.8 Å². The lowest BCUT2D eigenvalue weighted by atomic mass is 9.97. The van der Waals surface area contributed by atoms with E-state index in [2.05, 4.69) is 59.4 Å². The molecular weight excluding hydrogens is 418 g/mol. The topological polar surface area (TPSA) is 72.2 Å². The Morgan fingerprint density at radius 1 is 1.03 bits per heavy atom. The summed E-state index contributed by atoms with van der Waals surface area (Å²) in [6.07, 6.45) is 0.804. The zero-order valence-corrected chi connectivity index (χ0v) is 19.7. The highest BCUT2D eigenvalue weighted by molar-refractivity contribution is 7.99. The van der Waals surface area contributed by atoms with E-state index in [4.69, 9.17) is 0 Å². The summed E-state index contributed by atoms with van der Waals surface area (Å²) in [5, 5.41) is 8.10. The molecule has 0 saturated heterocycles. The molecule has 0 unspecified atom stereocenters. The van der Waals surface area contributed by atoms with Crippen molar-refractivity contribution in [1.82, 2.24) is 24.9 Å². The van der Waals surface area contributed by atoms with Gasteiger partial charge in [-0.15, -0.1) is 5.10 Å². The number of fused-ring (bicyclic) bond motifs is 1. The number of nitrogens with zero attached hydrogens (tertiary/aromatic N) is 4. The van der Waals surface area contributed by atoms with E-state index in [9.17, 15) is 4.79 Å². The predicted octanol–water partition coefficient (Wildman–Crippen LogP) is 4.36. The van der Waals surface area contributed by atoms with Crippen molar-refractivity contribution in [3.8, 4) is 0 Å². The minimum atomic E-state index is -0.0471. The van der Waals surface area contributed by atoms with Gasteiger partial charge in [0.2, 0.25) is 11.1 Å². The second-order valence-electron chi connectivity index (χ2n) is 8.03. The average Bonchev–Trinajstić information content (AvgIpc) is 3.19. The Morgan fingerprint density at radius 3 is 2.59 bits per heavy atom. The Balaban J connectivity index is 1.47. The fraction of sp³-hybridized carbons (Fsp3) is 0.280. The number of nitrogens with one attached hydrogen (secondary N) is 1. The molecular formula is C25H27N5OS. The standard InChI is InChI=1S/C25H27N5OS/c1-16-10-11-17(2)21(12-16)13-22-18(3)27-24-28-25(29-30(24)19(22)4)32-15-23(31)26-14-20-8-6-5-7-9-20/h5-12H,13-15H2,1-4H3,(H,26,31). The maximum absolute atomic E-state index is 12.2. The van der Waals surface area contributed by atoms with E-state index in [1.165, 1.54) is 28.5 Å². The van der Waals surface area contributed by atoms with Crippen LogP contribution >= 0.6 is 11.8 Å². The van der Waals surface area contributed by atoms with Gasteiger partial charge in [-0.2, -0.15) is 4.98 Å². The lowest BCUT2D eigenvalue weighted by Crippen LogP contribution is -2.24. The number of carbonyl (C=O) groups is 1. The van der Waals surface area contributed by atoms with Crippen molar-refractivity contribution in [2.24, 2.45) is 0 Å². The van der Waals surface area contributed by atoms with Crippen LogP contribution in [0.15, 0.2) is 53.7 Å². The summed E-state index contributed by atoms with van der Waals surface area (Å²) in [5.41, 5.74) is 8.03. The number of benzene rings is 2. The highest BCUT2D eigenvalue weighted by atomic mass is 32.2. The molecule has 0 bridgehead atoms. The van der Waals surface area contributed by atoms with Crippen molar-refractivity contribution in [3.63, 3.8) is 0 Å². The monoisotopic (exact) mass is 445 g/mol. The summed E-state index contributed by atoms with van der Waals surface area (Å²) in [5.74, 6) is 0.781. The third-order valence-electron chi connectivity index (χ3n) is 5.57. The van der Waals surface area contributed by atoms with Crippen LogP contribution in [0.25, 0.3) is 5.78 Å². The second-order valence-corrected chi connectivity index (χ2v) is 8.97. The van der Waals surface area contributed by atoms with Gasteiger partial charge < -0.3 is 5.32 Å². The van der Waals surface area contributed by atoms with Crippen LogP contribution in [0, 0.1) is 27.7 Å². The smallest absolute Gasteiger partial charge is 0.253 e. The van der Waals surface area contributed by atoms with Gasteiger partial charge in [0.25, 0.3) is 5.78 Å². The lowest BCUT2D eigenvalue weighted by Gasteiger charge is -2.12. The van der Waals surface area contributed by atoms with Crippen LogP contribution < -0.4 is 5.32 Å². The van der Waals surface area contributed by atoms with Crippen LogP contribution in [0.4, 0.5) is 0 Å². The number of hydrogen-bond acceptors (Lipinski definition) is 5. The fourth-order valence-corrected chi connectivity index (χ4v) is 4.31. The van der Waals surface area contributed by atoms with E-state index >= 15 is 0 Å². The molecule has 1 N–H and O–H groups in total. The first-order valence-electron chi connectivity index (χ1n) is 10.6. The minimum absolute atomic E-state index is 0.0471. The van der Waals surface area contributed by atoms with Crippen molar-refractivity contribution in [2.75, 3.05) is 5.75 Å². The molecule has 4 rings (SSSR count). The summed E-state index contributed by atoms with van der Waals surface area (Å²) in [6.45, 7) is 8.84. The van der Waals surface area contributed by atoms with E-state index in [0.29, 0.717) is 17.5 Å². The molecule has 164 valence electrons. The Kier molecular flexibility index (Phi) is 6.55. The SMILES string of the molecule is Cc1ccc(C)c(Cc2c(C)nc3nc(SCC(=O)NCc4ccccc4)nn3c2C)c1. The van der Waals surface area contributed by atoms with Gasteiger partial charge in [-0.05, 0) is 49.9 Å². The number of hydrogen-bond donors (Lipinski definition) is 1. The summed E-state index contributed by atoms with van der Waals surface area (Å²) < 4.78 is 1.79. The highest BCUT2D eigenvalue weighted by Crippen LogP contribution is 2.22. The molecule has 0 radical (unpaired) electrons. The van der Waals surface area contributed by atoms with Crippen LogP contribution in [0.2, 0.25) is 0 Å². The molecule has 2 heterocycles. The van der Waals surface area contributed by atoms with E-state index in [0.717, 1.165) is 28.9 Å². The molecule has 6 nitrogen and oxygen atoms in total. The van der Waals surface area contributed by atoms with Crippen molar-refractivity contribution < 1.29 is 4.79 Å². The van der Waals surface area contributed by atoms with Gasteiger partial charge in [0, 0.05) is 24.4 Å². The highest BCUT2D eigenvalue weighted by Gasteiger charge is 2.16. The van der Waals surface area contributed by atoms with E-state index in [1.54, 1.807) is 4.52 Å². The van der Waals surface area contributed by atoms with Gasteiger partial charge in [-0.3, -0.25) is 4.79 Å². The fourth-order valence-electron chi connectivity index (χ4n) is 3.67. The third-order valence-corrected chi connectivity index (χ3v) is 6.40. The van der Waals surface area contributed by atoms with E-state index in [1.807, 2.05) is 37.3 Å². The number of aryl methyl sites for hydroxylation is 4. The zero-order valence-electron chi connectivity index (χ0n) is 18.8. The normalized spacial score (nSPS) is 11.1. The van der Waals surface area contributed by atoms with E-state index in [-0.39, 0.29) is 11.7 Å². The van der Waals surface area contributed by atoms with Gasteiger partial charge in [0.05, 0.1) is 5.75 Å². The Hall–Kier alpha value is -3.19. The molecule has 0 aliphatic carbocycles. The largest absolute Gasteiger partial charge is 0.351 e. The Morgan fingerprint density at radius 2 is 1.81 bits per heavy atom. The molecule has 2 aromatic heterocycles. The van der Waals surface area contributed by atoms with E-state index < -0.39 is 0 Å². The number of aromatic nitrogens is 4. The van der Waals surface area contributed by atoms with Gasteiger partial charge in [-0.1, -0.05) is 65.9 Å². The summed E-state index contributed by atoms with van der Waals surface area (Å²) in [4.78, 5) is 21.4. The maximum atomic E-state index is 12.2. The summed E-state index contributed by atoms with van der Waals surface area (Å²) in [6, 6.07) is 16.4. The first kappa shape index (κ1) is 22.0. The van der Waals surface area contributed by atoms with Gasteiger partial charge in [-0.25, -0.2) is 9.50 Å². The quantitative estimate of drug-likeness (QED) is 0.428. The molecule has 0 atom stereocenters. The maximum Gasteiger partial charge on any atom is 0.253 e. The average molecular weight is 446 g/mol. The van der Waals surface area contributed by atoms with Crippen LogP contribution in [0.1, 0.15) is 39.2 Å². The zero-order chi connectivity index (χ0) is 22.7. The van der Waals surface area contributed by atoms with Gasteiger partial charge in [0.15, 0.2) is 0 Å². The first-order chi connectivity index (χ1) is 15.4. The number of rotatable bonds is 7. The Bertz CT molecular complexity index is 1270. The number of carbonyl (C=O) groups excluding carboxylic acids is 1. The predicted molar refractivity (Wildman–Crippen MR) is 128 cm³/mol. The Labute approximate surface area is 192 Å². The number of thioether (sulfide) groups is 1. The molecule has 4 aromatic rings. The summed E-state index contributed by atoms with van der Waals surface area (Å²) in [7, 11) is 0. The van der Waals surface area contributed by atoms with Crippen molar-refractivity contribution in [1.29, 1.82) is 0 Å². The molecule has 32 heavy (non-hydrogen) atoms. The summed E-state index contributed by atoms with van der Waals surface area (Å²) >= 11 is 1.32. The molecule has 2 aromatic carbocycles. The van der Waals surface area contributed by atoms with Crippen LogP contribution in [0.5, 0.6) is 0 Å². The van der Waals surface area contributed by atoms with Crippen molar-refractivity contribution in [3.05, 3.63) is 87.7 Å². The molecule has 1 amide bonds. The minimum Gasteiger partial charge on any atom is -0.351 e. The van der Waals surface area contributed by atoms with Gasteiger partial charge in [0.1, 0.15) is 0 Å². The molecule has 0 fully saturated rings. The molecule has 0 aliphatic heterocycles. The van der Waals surface area contributed by atoms with Crippen molar-refractivity contribution >= 4 is 23.4 Å². The molecule has 0 spiro atoms. The second kappa shape index (κ2) is 9.53. The molecule has 0 aliphatic rings. The van der Waals surface area contributed by atoms with Gasteiger partial charge >= 0.3 is 0 Å². The van der Waals surface area contributed by atoms with Crippen LogP contribution in [0.3, 0.4) is 0 Å². The third kappa shape index (κ3) is 4.99. The number of amides is 1.